The number of hydrazone groups is 1. The molecule has 0 bridgehead atoms. The summed E-state index contributed by atoms with van der Waals surface area (Å²) in [5.41, 5.74) is 2.66. The molecule has 0 spiro atoms. The molecule has 98 valence electrons. The van der Waals surface area contributed by atoms with E-state index in [0.29, 0.717) is 0 Å². The Balaban J connectivity index is 2.05. The lowest BCUT2D eigenvalue weighted by atomic mass is 10.2. The van der Waals surface area contributed by atoms with Crippen LogP contribution in [0.25, 0.3) is 0 Å². The van der Waals surface area contributed by atoms with Crippen molar-refractivity contribution < 1.29 is 13.2 Å². The summed E-state index contributed by atoms with van der Waals surface area (Å²) in [7, 11) is 0. The molecule has 0 aromatic carbocycles. The highest BCUT2D eigenvalue weighted by molar-refractivity contribution is 7.99. The molecular formula is C11H12F3N3S. The van der Waals surface area contributed by atoms with Crippen LogP contribution in [0.2, 0.25) is 0 Å². The lowest BCUT2D eigenvalue weighted by Crippen LogP contribution is -2.12. The van der Waals surface area contributed by atoms with E-state index in [-0.39, 0.29) is 5.82 Å². The number of rotatable bonds is 2. The van der Waals surface area contributed by atoms with Gasteiger partial charge in [0.1, 0.15) is 11.5 Å². The fourth-order valence-corrected chi connectivity index (χ4v) is 2.47. The molecule has 18 heavy (non-hydrogen) atoms. The van der Waals surface area contributed by atoms with Crippen LogP contribution in [-0.2, 0) is 6.18 Å². The number of hydrogen-bond acceptors (Lipinski definition) is 4. The van der Waals surface area contributed by atoms with Crippen LogP contribution < -0.4 is 5.43 Å². The van der Waals surface area contributed by atoms with Crippen molar-refractivity contribution in [1.82, 2.24) is 4.98 Å². The fourth-order valence-electron chi connectivity index (χ4n) is 1.51. The Kier molecular flexibility index (Phi) is 4.11. The number of alkyl halides is 3. The number of aromatic nitrogens is 1. The van der Waals surface area contributed by atoms with Crippen molar-refractivity contribution in [1.29, 1.82) is 0 Å². The van der Waals surface area contributed by atoms with Gasteiger partial charge in [-0.05, 0) is 36.5 Å². The molecule has 0 atom stereocenters. The van der Waals surface area contributed by atoms with E-state index in [1.165, 1.54) is 12.1 Å². The topological polar surface area (TPSA) is 37.3 Å². The zero-order valence-corrected chi connectivity index (χ0v) is 10.3. The monoisotopic (exact) mass is 275 g/mol. The zero-order chi connectivity index (χ0) is 13.0. The molecule has 0 radical (unpaired) electrons. The summed E-state index contributed by atoms with van der Waals surface area (Å²) in [5.74, 6) is 2.14. The van der Waals surface area contributed by atoms with Crippen LogP contribution >= 0.6 is 11.8 Å². The van der Waals surface area contributed by atoms with Gasteiger partial charge in [-0.3, -0.25) is 5.43 Å². The van der Waals surface area contributed by atoms with Crippen LogP contribution in [-0.4, -0.2) is 22.2 Å². The molecule has 3 nitrogen and oxygen atoms in total. The number of nitrogens with zero attached hydrogens (tertiary/aromatic N) is 2. The molecule has 7 heteroatoms. The smallest absolute Gasteiger partial charge is 0.261 e. The minimum atomic E-state index is -4.42. The maximum Gasteiger partial charge on any atom is 0.433 e. The Morgan fingerprint density at radius 2 is 1.94 bits per heavy atom. The molecule has 2 rings (SSSR count). The summed E-state index contributed by atoms with van der Waals surface area (Å²) in [6, 6.07) is 3.72. The van der Waals surface area contributed by atoms with E-state index in [1.807, 2.05) is 11.8 Å². The highest BCUT2D eigenvalue weighted by atomic mass is 32.2. The minimum Gasteiger partial charge on any atom is -0.261 e. The number of halogens is 3. The molecule has 2 heterocycles. The quantitative estimate of drug-likeness (QED) is 0.841. The number of anilines is 1. The lowest BCUT2D eigenvalue weighted by Gasteiger charge is -2.12. The van der Waals surface area contributed by atoms with Gasteiger partial charge in [-0.2, -0.15) is 30.0 Å². The first kappa shape index (κ1) is 13.2. The van der Waals surface area contributed by atoms with Gasteiger partial charge in [0.25, 0.3) is 0 Å². The zero-order valence-electron chi connectivity index (χ0n) is 9.50. The second-order valence-corrected chi connectivity index (χ2v) is 5.03. The van der Waals surface area contributed by atoms with Crippen LogP contribution in [0.3, 0.4) is 0 Å². The Labute approximate surface area is 107 Å². The van der Waals surface area contributed by atoms with E-state index in [2.05, 4.69) is 15.5 Å². The molecule has 1 saturated heterocycles. The molecule has 1 N–H and O–H groups in total. The van der Waals surface area contributed by atoms with Crippen molar-refractivity contribution in [3.05, 3.63) is 23.9 Å². The van der Waals surface area contributed by atoms with Gasteiger partial charge in [-0.1, -0.05) is 6.07 Å². The summed E-state index contributed by atoms with van der Waals surface area (Å²) in [6.07, 6.45) is -2.68. The van der Waals surface area contributed by atoms with Gasteiger partial charge in [-0.15, -0.1) is 0 Å². The second kappa shape index (κ2) is 5.60. The van der Waals surface area contributed by atoms with Gasteiger partial charge < -0.3 is 0 Å². The minimum absolute atomic E-state index is 0.121. The third-order valence-electron chi connectivity index (χ3n) is 2.44. The molecule has 1 aliphatic rings. The Morgan fingerprint density at radius 1 is 1.22 bits per heavy atom. The van der Waals surface area contributed by atoms with Gasteiger partial charge >= 0.3 is 6.18 Å². The van der Waals surface area contributed by atoms with Crippen molar-refractivity contribution in [3.63, 3.8) is 0 Å². The van der Waals surface area contributed by atoms with Crippen LogP contribution in [0.4, 0.5) is 19.0 Å². The average Bonchev–Trinajstić information content (AvgIpc) is 2.37. The predicted molar refractivity (Wildman–Crippen MR) is 66.9 cm³/mol. The van der Waals surface area contributed by atoms with Crippen LogP contribution in [0.5, 0.6) is 0 Å². The Morgan fingerprint density at radius 3 is 2.61 bits per heavy atom. The first-order valence-electron chi connectivity index (χ1n) is 5.49. The normalized spacial score (nSPS) is 16.5. The third kappa shape index (κ3) is 3.63. The van der Waals surface area contributed by atoms with Crippen LogP contribution in [0, 0.1) is 0 Å². The van der Waals surface area contributed by atoms with E-state index in [4.69, 9.17) is 0 Å². The average molecular weight is 275 g/mol. The van der Waals surface area contributed by atoms with Gasteiger partial charge in [0.05, 0.1) is 0 Å². The Hall–Kier alpha value is -1.24. The van der Waals surface area contributed by atoms with Crippen molar-refractivity contribution in [2.24, 2.45) is 5.10 Å². The predicted octanol–water partition coefficient (Wildman–Crippen LogP) is 3.40. The summed E-state index contributed by atoms with van der Waals surface area (Å²) >= 11 is 1.85. The first-order valence-corrected chi connectivity index (χ1v) is 6.64. The lowest BCUT2D eigenvalue weighted by molar-refractivity contribution is -0.141. The second-order valence-electron chi connectivity index (χ2n) is 3.81. The van der Waals surface area contributed by atoms with E-state index in [0.717, 1.165) is 36.1 Å². The molecule has 0 aliphatic carbocycles. The van der Waals surface area contributed by atoms with Crippen molar-refractivity contribution >= 4 is 23.3 Å². The van der Waals surface area contributed by atoms with Gasteiger partial charge in [-0.25, -0.2) is 4.98 Å². The molecule has 1 aromatic rings. The summed E-state index contributed by atoms with van der Waals surface area (Å²) in [5, 5.41) is 4.10. The molecule has 1 fully saturated rings. The van der Waals surface area contributed by atoms with Crippen molar-refractivity contribution in [2.75, 3.05) is 16.9 Å². The first-order chi connectivity index (χ1) is 8.55. The number of hydrogen-bond donors (Lipinski definition) is 1. The van der Waals surface area contributed by atoms with E-state index >= 15 is 0 Å². The standard InChI is InChI=1S/C11H12F3N3S/c12-11(13,14)9-2-1-3-10(15-9)17-16-8-4-6-18-7-5-8/h1-3H,4-7H2,(H,15,17). The molecule has 1 aromatic heterocycles. The fraction of sp³-hybridized carbons (Fsp3) is 0.455. The number of nitrogens with one attached hydrogen (secondary N) is 1. The van der Waals surface area contributed by atoms with Crippen molar-refractivity contribution in [2.45, 2.75) is 19.0 Å². The maximum atomic E-state index is 12.4. The molecule has 0 unspecified atom stereocenters. The van der Waals surface area contributed by atoms with Gasteiger partial charge in [0.2, 0.25) is 0 Å². The number of thioether (sulfide) groups is 1. The third-order valence-corrected chi connectivity index (χ3v) is 3.42. The van der Waals surface area contributed by atoms with E-state index in [1.54, 1.807) is 0 Å². The van der Waals surface area contributed by atoms with Crippen molar-refractivity contribution in [3.8, 4) is 0 Å². The highest BCUT2D eigenvalue weighted by Crippen LogP contribution is 2.28. The summed E-state index contributed by atoms with van der Waals surface area (Å²) in [6.45, 7) is 0. The van der Waals surface area contributed by atoms with Gasteiger partial charge in [0, 0.05) is 5.71 Å². The summed E-state index contributed by atoms with van der Waals surface area (Å²) < 4.78 is 37.3. The molecule has 1 aliphatic heterocycles. The summed E-state index contributed by atoms with van der Waals surface area (Å²) in [4.78, 5) is 3.48. The van der Waals surface area contributed by atoms with E-state index < -0.39 is 11.9 Å². The van der Waals surface area contributed by atoms with Gasteiger partial charge in [0.15, 0.2) is 0 Å². The molecule has 0 amide bonds. The SMILES string of the molecule is FC(F)(F)c1cccc(NN=C2CCSCC2)n1. The van der Waals surface area contributed by atoms with E-state index in [9.17, 15) is 13.2 Å². The maximum absolute atomic E-state index is 12.4. The van der Waals surface area contributed by atoms with Crippen LogP contribution in [0.1, 0.15) is 18.5 Å². The Bertz CT molecular complexity index is 437. The largest absolute Gasteiger partial charge is 0.433 e. The number of pyridine rings is 1. The highest BCUT2D eigenvalue weighted by Gasteiger charge is 2.32. The molecular weight excluding hydrogens is 263 g/mol. The molecule has 0 saturated carbocycles. The van der Waals surface area contributed by atoms with Crippen LogP contribution in [0.15, 0.2) is 23.3 Å².